The Morgan fingerprint density at radius 1 is 1.50 bits per heavy atom. The van der Waals surface area contributed by atoms with Crippen molar-refractivity contribution in [3.8, 4) is 0 Å². The van der Waals surface area contributed by atoms with Crippen LogP contribution in [-0.2, 0) is 5.85 Å². The third kappa shape index (κ3) is 1.48. The van der Waals surface area contributed by atoms with Crippen LogP contribution in [0.3, 0.4) is 0 Å². The maximum Gasteiger partial charge on any atom is 0.233 e. The predicted octanol–water partition coefficient (Wildman–Crippen LogP) is 0.611. The highest BCUT2D eigenvalue weighted by Gasteiger charge is 2.21. The van der Waals surface area contributed by atoms with Crippen molar-refractivity contribution >= 4 is 0 Å². The summed E-state index contributed by atoms with van der Waals surface area (Å²) in [6.07, 6.45) is 3.73. The van der Waals surface area contributed by atoms with E-state index in [2.05, 4.69) is 9.97 Å². The molecule has 1 atom stereocenters. The monoisotopic (exact) mass is 142 g/mol. The van der Waals surface area contributed by atoms with Gasteiger partial charge in [0, 0.05) is 12.4 Å². The minimum absolute atomic E-state index is 0.0648. The summed E-state index contributed by atoms with van der Waals surface area (Å²) in [5.41, 5.74) is 0.0648. The Labute approximate surface area is 57.6 Å². The van der Waals surface area contributed by atoms with E-state index in [1.807, 2.05) is 0 Å². The molecule has 1 aromatic heterocycles. The first-order chi connectivity index (χ1) is 4.61. The maximum atomic E-state index is 12.6. The average Bonchev–Trinajstić information content (AvgIpc) is 1.88. The predicted molar refractivity (Wildman–Crippen MR) is 32.7 cm³/mol. The van der Waals surface area contributed by atoms with Gasteiger partial charge >= 0.3 is 0 Å². The normalized spacial score (nSPS) is 16.3. The van der Waals surface area contributed by atoms with Crippen molar-refractivity contribution in [3.05, 3.63) is 24.3 Å². The summed E-state index contributed by atoms with van der Waals surface area (Å²) in [4.78, 5) is 7.08. The van der Waals surface area contributed by atoms with Crippen LogP contribution >= 0.6 is 0 Å². The summed E-state index contributed by atoms with van der Waals surface area (Å²) in [6, 6.07) is 0. The van der Waals surface area contributed by atoms with Crippen molar-refractivity contribution in [1.82, 2.24) is 9.97 Å². The van der Waals surface area contributed by atoms with E-state index in [9.17, 15) is 4.39 Å². The summed E-state index contributed by atoms with van der Waals surface area (Å²) >= 11 is 0. The lowest BCUT2D eigenvalue weighted by Gasteiger charge is -2.10. The fraction of sp³-hybridized carbons (Fsp3) is 0.333. The topological polar surface area (TPSA) is 46.0 Å². The molecule has 0 aromatic carbocycles. The highest BCUT2D eigenvalue weighted by Crippen LogP contribution is 2.18. The van der Waals surface area contributed by atoms with Gasteiger partial charge in [-0.05, 0) is 6.92 Å². The van der Waals surface area contributed by atoms with Gasteiger partial charge in [-0.25, -0.2) is 14.4 Å². The van der Waals surface area contributed by atoms with Crippen LogP contribution in [0.4, 0.5) is 4.39 Å². The van der Waals surface area contributed by atoms with Crippen molar-refractivity contribution in [2.75, 3.05) is 0 Å². The third-order valence-corrected chi connectivity index (χ3v) is 1.09. The highest BCUT2D eigenvalue weighted by atomic mass is 19.2. The molecular formula is C6H7FN2O. The maximum absolute atomic E-state index is 12.6. The number of hydrogen-bond donors (Lipinski definition) is 1. The Morgan fingerprint density at radius 2 is 2.00 bits per heavy atom. The lowest BCUT2D eigenvalue weighted by Crippen LogP contribution is -2.13. The fourth-order valence-electron chi connectivity index (χ4n) is 0.535. The third-order valence-electron chi connectivity index (χ3n) is 1.09. The second kappa shape index (κ2) is 2.30. The molecule has 1 N–H and O–H groups in total. The smallest absolute Gasteiger partial charge is 0.233 e. The molecule has 0 bridgehead atoms. The van der Waals surface area contributed by atoms with Gasteiger partial charge in [0.05, 0.1) is 5.56 Å². The molecule has 0 aliphatic rings. The van der Waals surface area contributed by atoms with E-state index in [0.717, 1.165) is 6.92 Å². The molecule has 0 amide bonds. The Morgan fingerprint density at radius 3 is 2.30 bits per heavy atom. The number of aromatic nitrogens is 2. The molecule has 4 heteroatoms. The molecule has 0 saturated heterocycles. The number of alkyl halides is 1. The van der Waals surface area contributed by atoms with Gasteiger partial charge in [-0.15, -0.1) is 0 Å². The summed E-state index contributed by atoms with van der Waals surface area (Å²) < 4.78 is 12.6. The van der Waals surface area contributed by atoms with Crippen LogP contribution in [0.15, 0.2) is 18.7 Å². The first kappa shape index (κ1) is 7.08. The Hall–Kier alpha value is -1.03. The van der Waals surface area contributed by atoms with Crippen molar-refractivity contribution in [2.45, 2.75) is 12.8 Å². The molecule has 0 aliphatic carbocycles. The summed E-state index contributed by atoms with van der Waals surface area (Å²) in [5.74, 6) is -2.33. The lowest BCUT2D eigenvalue weighted by molar-refractivity contribution is -0.0774. The fourth-order valence-corrected chi connectivity index (χ4v) is 0.535. The molecule has 1 rings (SSSR count). The molecule has 0 radical (unpaired) electrons. The zero-order chi connectivity index (χ0) is 7.61. The molecule has 0 aliphatic heterocycles. The van der Waals surface area contributed by atoms with E-state index in [-0.39, 0.29) is 5.56 Å². The van der Waals surface area contributed by atoms with Gasteiger partial charge in [-0.1, -0.05) is 0 Å². The molecule has 10 heavy (non-hydrogen) atoms. The van der Waals surface area contributed by atoms with E-state index in [4.69, 9.17) is 5.11 Å². The molecule has 3 nitrogen and oxygen atoms in total. The Kier molecular flexibility index (Phi) is 1.63. The minimum atomic E-state index is -2.33. The van der Waals surface area contributed by atoms with Gasteiger partial charge < -0.3 is 5.11 Å². The van der Waals surface area contributed by atoms with E-state index < -0.39 is 5.85 Å². The average molecular weight is 142 g/mol. The number of rotatable bonds is 1. The SMILES string of the molecule is CC(O)(F)c1cncnc1. The molecule has 54 valence electrons. The van der Waals surface area contributed by atoms with Gasteiger partial charge in [0.25, 0.3) is 0 Å². The van der Waals surface area contributed by atoms with Crippen LogP contribution in [0.2, 0.25) is 0 Å². The van der Waals surface area contributed by atoms with Crippen molar-refractivity contribution in [3.63, 3.8) is 0 Å². The van der Waals surface area contributed by atoms with Gasteiger partial charge in [0.2, 0.25) is 5.85 Å². The molecule has 0 saturated carbocycles. The van der Waals surface area contributed by atoms with Gasteiger partial charge in [-0.3, -0.25) is 0 Å². The summed E-state index contributed by atoms with van der Waals surface area (Å²) in [6.45, 7) is 1.03. The van der Waals surface area contributed by atoms with E-state index in [0.29, 0.717) is 0 Å². The van der Waals surface area contributed by atoms with Crippen LogP contribution in [0, 0.1) is 0 Å². The van der Waals surface area contributed by atoms with E-state index in [1.165, 1.54) is 18.7 Å². The van der Waals surface area contributed by atoms with Gasteiger partial charge in [0.15, 0.2) is 0 Å². The van der Waals surface area contributed by atoms with Crippen LogP contribution < -0.4 is 0 Å². The van der Waals surface area contributed by atoms with Crippen LogP contribution in [0.1, 0.15) is 12.5 Å². The largest absolute Gasteiger partial charge is 0.358 e. The number of nitrogens with zero attached hydrogens (tertiary/aromatic N) is 2. The van der Waals surface area contributed by atoms with Crippen molar-refractivity contribution in [1.29, 1.82) is 0 Å². The highest BCUT2D eigenvalue weighted by molar-refractivity contribution is 5.08. The number of hydrogen-bond acceptors (Lipinski definition) is 3. The first-order valence-corrected chi connectivity index (χ1v) is 2.77. The second-order valence-corrected chi connectivity index (χ2v) is 2.08. The van der Waals surface area contributed by atoms with Crippen LogP contribution in [-0.4, -0.2) is 15.1 Å². The van der Waals surface area contributed by atoms with E-state index in [1.54, 1.807) is 0 Å². The van der Waals surface area contributed by atoms with Crippen molar-refractivity contribution < 1.29 is 9.50 Å². The van der Waals surface area contributed by atoms with Crippen LogP contribution in [0.25, 0.3) is 0 Å². The second-order valence-electron chi connectivity index (χ2n) is 2.08. The number of halogens is 1. The molecule has 0 fully saturated rings. The molecule has 0 spiro atoms. The van der Waals surface area contributed by atoms with Crippen LogP contribution in [0.5, 0.6) is 0 Å². The number of aliphatic hydroxyl groups is 1. The standard InChI is InChI=1S/C6H7FN2O/c1-6(7,10)5-2-8-4-9-3-5/h2-4,10H,1H3. The first-order valence-electron chi connectivity index (χ1n) is 2.77. The van der Waals surface area contributed by atoms with E-state index >= 15 is 0 Å². The molecule has 1 aromatic rings. The Balaban J connectivity index is 2.97. The zero-order valence-corrected chi connectivity index (χ0v) is 5.45. The Bertz CT molecular complexity index is 207. The summed E-state index contributed by atoms with van der Waals surface area (Å²) in [7, 11) is 0. The molecule has 1 unspecified atom stereocenters. The van der Waals surface area contributed by atoms with Gasteiger partial charge in [-0.2, -0.15) is 0 Å². The lowest BCUT2D eigenvalue weighted by atomic mass is 10.2. The van der Waals surface area contributed by atoms with Crippen molar-refractivity contribution in [2.24, 2.45) is 0 Å². The zero-order valence-electron chi connectivity index (χ0n) is 5.45. The molecule has 1 heterocycles. The molecular weight excluding hydrogens is 135 g/mol. The summed E-state index contributed by atoms with van der Waals surface area (Å²) in [5, 5.41) is 8.74. The quantitative estimate of drug-likeness (QED) is 0.624. The van der Waals surface area contributed by atoms with Gasteiger partial charge in [0.1, 0.15) is 6.33 Å². The minimum Gasteiger partial charge on any atom is -0.358 e.